The molecule has 0 atom stereocenters. The van der Waals surface area contributed by atoms with E-state index in [0.29, 0.717) is 25.8 Å². The first-order chi connectivity index (χ1) is 11.6. The number of allylic oxidation sites excluding steroid dienone is 1. The van der Waals surface area contributed by atoms with E-state index in [2.05, 4.69) is 15.6 Å². The summed E-state index contributed by atoms with van der Waals surface area (Å²) in [6.07, 6.45) is 4.30. The fourth-order valence-electron chi connectivity index (χ4n) is 2.76. The Labute approximate surface area is 138 Å². The molecule has 1 fully saturated rings. The van der Waals surface area contributed by atoms with Crippen LogP contribution in [-0.2, 0) is 11.3 Å². The molecule has 0 unspecified atom stereocenters. The van der Waals surface area contributed by atoms with E-state index < -0.39 is 5.83 Å². The van der Waals surface area contributed by atoms with E-state index in [1.165, 1.54) is 0 Å². The molecule has 1 aliphatic rings. The van der Waals surface area contributed by atoms with Gasteiger partial charge in [-0.3, -0.25) is 4.79 Å². The fourth-order valence-corrected chi connectivity index (χ4v) is 2.76. The number of imidazole rings is 1. The molecule has 0 spiro atoms. The number of rotatable bonds is 6. The Bertz CT molecular complexity index is 793. The predicted octanol–water partition coefficient (Wildman–Crippen LogP) is 0.890. The van der Waals surface area contributed by atoms with Crippen molar-refractivity contribution < 1.29 is 9.18 Å². The van der Waals surface area contributed by atoms with Gasteiger partial charge >= 0.3 is 0 Å². The molecule has 3 rings (SSSR count). The number of fused-ring (bicyclic) bond motifs is 1. The van der Waals surface area contributed by atoms with Crippen LogP contribution in [0.2, 0.25) is 0 Å². The van der Waals surface area contributed by atoms with Crippen LogP contribution >= 0.6 is 0 Å². The average molecular weight is 330 g/mol. The second-order valence-electron chi connectivity index (χ2n) is 5.59. The van der Waals surface area contributed by atoms with Gasteiger partial charge in [-0.15, -0.1) is 0 Å². The van der Waals surface area contributed by atoms with Crippen LogP contribution in [0.25, 0.3) is 5.65 Å². The van der Waals surface area contributed by atoms with Gasteiger partial charge in [-0.2, -0.15) is 0 Å². The lowest BCUT2D eigenvalue weighted by molar-refractivity contribution is -0.129. The second-order valence-corrected chi connectivity index (χ2v) is 5.59. The number of likely N-dealkylation sites (tertiary alicyclic amines) is 1. The molecular formula is C16H19FN6O. The van der Waals surface area contributed by atoms with E-state index in [-0.39, 0.29) is 17.6 Å². The Morgan fingerprint density at radius 1 is 1.50 bits per heavy atom. The van der Waals surface area contributed by atoms with Crippen LogP contribution < -0.4 is 10.6 Å². The van der Waals surface area contributed by atoms with E-state index in [0.717, 1.165) is 11.3 Å². The maximum absolute atomic E-state index is 13.5. The van der Waals surface area contributed by atoms with Crippen LogP contribution in [0.3, 0.4) is 0 Å². The molecule has 0 bridgehead atoms. The summed E-state index contributed by atoms with van der Waals surface area (Å²) in [5, 5.41) is 12.6. The number of hydrogen-bond acceptors (Lipinski definition) is 5. The summed E-state index contributed by atoms with van der Waals surface area (Å²) < 4.78 is 15.4. The molecule has 1 saturated heterocycles. The molecule has 0 radical (unpaired) electrons. The highest BCUT2D eigenvalue weighted by molar-refractivity contribution is 5.80. The van der Waals surface area contributed by atoms with Crippen molar-refractivity contribution >= 4 is 17.8 Å². The third-order valence-corrected chi connectivity index (χ3v) is 4.10. The van der Waals surface area contributed by atoms with Gasteiger partial charge in [-0.1, -0.05) is 6.07 Å². The largest absolute Gasteiger partial charge is 0.372 e. The van der Waals surface area contributed by atoms with Gasteiger partial charge < -0.3 is 25.3 Å². The third kappa shape index (κ3) is 2.94. The summed E-state index contributed by atoms with van der Waals surface area (Å²) in [4.78, 5) is 18.2. The number of pyridine rings is 1. The third-order valence-electron chi connectivity index (χ3n) is 4.10. The van der Waals surface area contributed by atoms with Crippen molar-refractivity contribution in [3.8, 4) is 0 Å². The van der Waals surface area contributed by atoms with Gasteiger partial charge in [-0.25, -0.2) is 9.37 Å². The van der Waals surface area contributed by atoms with Crippen molar-refractivity contribution in [3.63, 3.8) is 0 Å². The zero-order chi connectivity index (χ0) is 17.1. The summed E-state index contributed by atoms with van der Waals surface area (Å²) in [6, 6.07) is 5.72. The highest BCUT2D eigenvalue weighted by atomic mass is 19.1. The lowest BCUT2D eigenvalue weighted by atomic mass is 9.99. The summed E-state index contributed by atoms with van der Waals surface area (Å²) in [5.41, 5.74) is 1.74. The summed E-state index contributed by atoms with van der Waals surface area (Å²) in [7, 11) is 1.59. The Hall–Kier alpha value is -2.90. The number of aromatic nitrogens is 2. The number of nitrogens with zero attached hydrogens (tertiary/aromatic N) is 3. The predicted molar refractivity (Wildman–Crippen MR) is 88.1 cm³/mol. The molecule has 8 heteroatoms. The summed E-state index contributed by atoms with van der Waals surface area (Å²) in [5.74, 6) is -0.646. The molecule has 2 aromatic rings. The molecule has 24 heavy (non-hydrogen) atoms. The normalized spacial score (nSPS) is 15.7. The summed E-state index contributed by atoms with van der Waals surface area (Å²) >= 11 is 0. The molecule has 0 aromatic carbocycles. The number of hydrogen-bond donors (Lipinski definition) is 3. The maximum atomic E-state index is 13.5. The molecular weight excluding hydrogens is 311 g/mol. The highest BCUT2D eigenvalue weighted by Gasteiger charge is 2.34. The second kappa shape index (κ2) is 6.69. The lowest BCUT2D eigenvalue weighted by Gasteiger charge is -2.41. The first kappa shape index (κ1) is 16.0. The Kier molecular flexibility index (Phi) is 4.45. The molecule has 0 saturated carbocycles. The number of halogens is 1. The van der Waals surface area contributed by atoms with Crippen LogP contribution in [0.5, 0.6) is 0 Å². The van der Waals surface area contributed by atoms with Crippen LogP contribution in [0, 0.1) is 11.3 Å². The van der Waals surface area contributed by atoms with E-state index in [1.54, 1.807) is 18.1 Å². The smallest absolute Gasteiger partial charge is 0.227 e. The van der Waals surface area contributed by atoms with E-state index in [1.807, 2.05) is 28.8 Å². The van der Waals surface area contributed by atoms with E-state index in [4.69, 9.17) is 5.41 Å². The number of amides is 1. The van der Waals surface area contributed by atoms with Crippen LogP contribution in [0.1, 0.15) is 5.69 Å². The van der Waals surface area contributed by atoms with Gasteiger partial charge in [0.15, 0.2) is 5.83 Å². The van der Waals surface area contributed by atoms with E-state index in [9.17, 15) is 9.18 Å². The minimum absolute atomic E-state index is 0.0668. The highest BCUT2D eigenvalue weighted by Crippen LogP contribution is 2.21. The zero-order valence-corrected chi connectivity index (χ0v) is 13.3. The quantitative estimate of drug-likeness (QED) is 0.687. The SMILES string of the molecule is CN/C(=C(/F)C=N)N1CC(C(=O)NCc2cnc3ccccn23)C1. The Morgan fingerprint density at radius 2 is 2.29 bits per heavy atom. The topological polar surface area (TPSA) is 85.5 Å². The number of carbonyl (C=O) groups is 1. The number of carbonyl (C=O) groups excluding carboxylic acids is 1. The maximum Gasteiger partial charge on any atom is 0.227 e. The molecule has 0 aliphatic carbocycles. The van der Waals surface area contributed by atoms with Gasteiger partial charge in [-0.05, 0) is 12.1 Å². The lowest BCUT2D eigenvalue weighted by Crippen LogP contribution is -2.54. The van der Waals surface area contributed by atoms with Gasteiger partial charge in [0.25, 0.3) is 0 Å². The molecule has 3 N–H and O–H groups in total. The van der Waals surface area contributed by atoms with Gasteiger partial charge in [0.2, 0.25) is 5.91 Å². The van der Waals surface area contributed by atoms with Crippen molar-refractivity contribution in [2.24, 2.45) is 5.92 Å². The average Bonchev–Trinajstić information content (AvgIpc) is 2.98. The standard InChI is InChI=1S/C16H19FN6O/c1-19-15(13(17)6-18)22-9-11(10-22)16(24)21-8-12-7-20-14-4-2-3-5-23(12)14/h2-7,11,18-19H,8-10H2,1H3,(H,21,24)/b15-13-,18-6?. The van der Waals surface area contributed by atoms with Gasteiger partial charge in [0.1, 0.15) is 11.5 Å². The summed E-state index contributed by atoms with van der Waals surface area (Å²) in [6.45, 7) is 1.25. The van der Waals surface area contributed by atoms with E-state index >= 15 is 0 Å². The van der Waals surface area contributed by atoms with Gasteiger partial charge in [0.05, 0.1) is 30.6 Å². The molecule has 1 aliphatic heterocycles. The zero-order valence-electron chi connectivity index (χ0n) is 13.3. The number of nitrogens with one attached hydrogen (secondary N) is 3. The molecule has 2 aromatic heterocycles. The van der Waals surface area contributed by atoms with Crippen LogP contribution in [0.15, 0.2) is 42.2 Å². The Morgan fingerprint density at radius 3 is 3.00 bits per heavy atom. The van der Waals surface area contributed by atoms with Crippen molar-refractivity contribution in [2.75, 3.05) is 20.1 Å². The fraction of sp³-hybridized carbons (Fsp3) is 0.312. The van der Waals surface area contributed by atoms with Crippen molar-refractivity contribution in [3.05, 3.63) is 47.9 Å². The molecule has 126 valence electrons. The van der Waals surface area contributed by atoms with Crippen molar-refractivity contribution in [2.45, 2.75) is 6.54 Å². The molecule has 1 amide bonds. The minimum atomic E-state index is -0.637. The van der Waals surface area contributed by atoms with Crippen molar-refractivity contribution in [1.29, 1.82) is 5.41 Å². The van der Waals surface area contributed by atoms with Gasteiger partial charge in [0, 0.05) is 26.3 Å². The first-order valence-electron chi connectivity index (χ1n) is 7.65. The van der Waals surface area contributed by atoms with Crippen LogP contribution in [0.4, 0.5) is 4.39 Å². The van der Waals surface area contributed by atoms with Crippen molar-refractivity contribution in [1.82, 2.24) is 24.9 Å². The first-order valence-corrected chi connectivity index (χ1v) is 7.65. The monoisotopic (exact) mass is 330 g/mol. The molecule has 7 nitrogen and oxygen atoms in total. The minimum Gasteiger partial charge on any atom is -0.372 e. The Balaban J connectivity index is 1.55. The van der Waals surface area contributed by atoms with Crippen LogP contribution in [-0.4, -0.2) is 46.5 Å². The molecule has 3 heterocycles.